The first-order valence-corrected chi connectivity index (χ1v) is 4.61. The molecule has 0 radical (unpaired) electrons. The fourth-order valence-corrected chi connectivity index (χ4v) is 0.868. The third-order valence-corrected chi connectivity index (χ3v) is 1.60. The van der Waals surface area contributed by atoms with Gasteiger partial charge >= 0.3 is 11.7 Å². The normalized spacial score (nSPS) is 11.2. The molecule has 0 atom stereocenters. The topological polar surface area (TPSA) is 87.2 Å². The van der Waals surface area contributed by atoms with Crippen molar-refractivity contribution in [1.82, 2.24) is 9.71 Å². The van der Waals surface area contributed by atoms with Crippen LogP contribution in [0.15, 0.2) is 35.3 Å². The van der Waals surface area contributed by atoms with Crippen molar-refractivity contribution >= 4 is 11.8 Å². The lowest BCUT2D eigenvalue weighted by Crippen LogP contribution is -2.32. The Labute approximate surface area is 95.8 Å². The van der Waals surface area contributed by atoms with Gasteiger partial charge < -0.3 is 10.6 Å². The summed E-state index contributed by atoms with van der Waals surface area (Å²) in [6.07, 6.45) is 6.41. The highest BCUT2D eigenvalue weighted by atomic mass is 19.1. The van der Waals surface area contributed by atoms with E-state index in [2.05, 4.69) is 9.82 Å². The van der Waals surface area contributed by atoms with E-state index in [4.69, 9.17) is 5.73 Å². The molecule has 0 saturated heterocycles. The van der Waals surface area contributed by atoms with Gasteiger partial charge in [0.15, 0.2) is 11.6 Å². The minimum absolute atomic E-state index is 0.369. The van der Waals surface area contributed by atoms with E-state index in [0.29, 0.717) is 10.9 Å². The largest absolute Gasteiger partial charge is 0.383 e. The molecule has 1 aromatic rings. The number of nitrogen functional groups attached to an aromatic ring is 1. The van der Waals surface area contributed by atoms with Crippen LogP contribution in [0.25, 0.3) is 0 Å². The second-order valence-corrected chi connectivity index (χ2v) is 2.88. The zero-order valence-corrected chi connectivity index (χ0v) is 8.96. The average molecular weight is 239 g/mol. The molecule has 0 aliphatic rings. The highest BCUT2D eigenvalue weighted by Crippen LogP contribution is 1.99. The van der Waals surface area contributed by atoms with Crippen LogP contribution in [-0.4, -0.2) is 15.7 Å². The van der Waals surface area contributed by atoms with Gasteiger partial charge in [-0.05, 0) is 6.92 Å². The number of hydrogen-bond acceptors (Lipinski definition) is 5. The van der Waals surface area contributed by atoms with E-state index in [1.165, 1.54) is 6.08 Å². The number of rotatable bonds is 3. The highest BCUT2D eigenvalue weighted by Gasteiger charge is 2.08. The van der Waals surface area contributed by atoms with Crippen LogP contribution in [0.1, 0.15) is 6.92 Å². The lowest BCUT2D eigenvalue weighted by molar-refractivity contribution is -0.138. The lowest BCUT2D eigenvalue weighted by Gasteiger charge is -2.03. The van der Waals surface area contributed by atoms with E-state index in [0.717, 1.165) is 6.08 Å². The van der Waals surface area contributed by atoms with Crippen LogP contribution >= 0.6 is 0 Å². The Morgan fingerprint density at radius 3 is 2.94 bits per heavy atom. The van der Waals surface area contributed by atoms with Crippen LogP contribution in [0.5, 0.6) is 0 Å². The molecule has 7 heteroatoms. The maximum Gasteiger partial charge on any atom is 0.383 e. The zero-order chi connectivity index (χ0) is 12.8. The lowest BCUT2D eigenvalue weighted by atomic mass is 10.4. The summed E-state index contributed by atoms with van der Waals surface area (Å²) in [5, 5.41) is 0. The van der Waals surface area contributed by atoms with E-state index in [1.54, 1.807) is 19.1 Å². The van der Waals surface area contributed by atoms with E-state index in [9.17, 15) is 14.0 Å². The molecule has 0 saturated carbocycles. The molecule has 0 aromatic carbocycles. The van der Waals surface area contributed by atoms with Gasteiger partial charge in [-0.15, -0.1) is 4.73 Å². The number of halogens is 1. The van der Waals surface area contributed by atoms with Gasteiger partial charge in [-0.3, -0.25) is 0 Å². The number of aromatic nitrogens is 2. The first kappa shape index (κ1) is 12.6. The van der Waals surface area contributed by atoms with Gasteiger partial charge in [0, 0.05) is 6.08 Å². The maximum absolute atomic E-state index is 12.9. The summed E-state index contributed by atoms with van der Waals surface area (Å²) in [5.41, 5.74) is 4.08. The average Bonchev–Trinajstić information content (AvgIpc) is 2.26. The molecule has 90 valence electrons. The van der Waals surface area contributed by atoms with Crippen LogP contribution < -0.4 is 16.3 Å². The molecule has 1 rings (SSSR count). The Morgan fingerprint density at radius 1 is 1.59 bits per heavy atom. The van der Waals surface area contributed by atoms with E-state index < -0.39 is 23.3 Å². The van der Waals surface area contributed by atoms with Gasteiger partial charge in [-0.1, -0.05) is 18.2 Å². The Kier molecular flexibility index (Phi) is 4.15. The fourth-order valence-electron chi connectivity index (χ4n) is 0.868. The van der Waals surface area contributed by atoms with Crippen LogP contribution in [0.2, 0.25) is 0 Å². The molecule has 0 amide bonds. The second-order valence-electron chi connectivity index (χ2n) is 2.88. The van der Waals surface area contributed by atoms with Crippen molar-refractivity contribution < 1.29 is 14.0 Å². The third-order valence-electron chi connectivity index (χ3n) is 1.60. The van der Waals surface area contributed by atoms with Crippen molar-refractivity contribution in [2.45, 2.75) is 6.92 Å². The minimum atomic E-state index is -0.975. The number of allylic oxidation sites excluding steroid dienone is 3. The summed E-state index contributed by atoms with van der Waals surface area (Å²) in [5.74, 6) is -2.34. The molecular weight excluding hydrogens is 229 g/mol. The SMILES string of the molecule is C/C=C/C=C/C(=O)On1cc(F)c(N)nc1=O. The number of carbonyl (C=O) groups is 1. The fraction of sp³-hybridized carbons (Fsp3) is 0.100. The van der Waals surface area contributed by atoms with Gasteiger partial charge in [-0.25, -0.2) is 14.0 Å². The quantitative estimate of drug-likeness (QED) is 0.595. The summed E-state index contributed by atoms with van der Waals surface area (Å²) in [7, 11) is 0. The van der Waals surface area contributed by atoms with Crippen molar-refractivity contribution in [1.29, 1.82) is 0 Å². The highest BCUT2D eigenvalue weighted by molar-refractivity contribution is 5.82. The van der Waals surface area contributed by atoms with Gasteiger partial charge in [-0.2, -0.15) is 4.98 Å². The third kappa shape index (κ3) is 3.56. The van der Waals surface area contributed by atoms with Crippen molar-refractivity contribution in [2.75, 3.05) is 5.73 Å². The number of nitrogens with zero attached hydrogens (tertiary/aromatic N) is 2. The van der Waals surface area contributed by atoms with Gasteiger partial charge in [0.2, 0.25) is 0 Å². The number of anilines is 1. The van der Waals surface area contributed by atoms with Crippen LogP contribution in [0.3, 0.4) is 0 Å². The number of hydrogen-bond donors (Lipinski definition) is 1. The molecule has 0 unspecified atom stereocenters. The molecule has 0 aliphatic heterocycles. The molecule has 1 aromatic heterocycles. The van der Waals surface area contributed by atoms with E-state index in [1.807, 2.05) is 0 Å². The summed E-state index contributed by atoms with van der Waals surface area (Å²) in [4.78, 5) is 29.9. The van der Waals surface area contributed by atoms with Crippen molar-refractivity contribution in [3.63, 3.8) is 0 Å². The van der Waals surface area contributed by atoms with Crippen LogP contribution in [0, 0.1) is 5.82 Å². The minimum Gasteiger partial charge on any atom is -0.381 e. The smallest absolute Gasteiger partial charge is 0.381 e. The van der Waals surface area contributed by atoms with Gasteiger partial charge in [0.1, 0.15) is 0 Å². The molecule has 1 heterocycles. The Balaban J connectivity index is 2.86. The molecular formula is C10H10FN3O3. The predicted molar refractivity (Wildman–Crippen MR) is 58.4 cm³/mol. The van der Waals surface area contributed by atoms with Crippen molar-refractivity contribution in [2.24, 2.45) is 0 Å². The van der Waals surface area contributed by atoms with Crippen LogP contribution in [-0.2, 0) is 4.79 Å². The first-order chi connectivity index (χ1) is 8.04. The molecule has 0 aliphatic carbocycles. The van der Waals surface area contributed by atoms with Gasteiger partial charge in [0.05, 0.1) is 6.20 Å². The molecule has 0 bridgehead atoms. The predicted octanol–water partition coefficient (Wildman–Crippen LogP) is 0.0521. The monoisotopic (exact) mass is 239 g/mol. The summed E-state index contributed by atoms with van der Waals surface area (Å²) in [6.45, 7) is 1.76. The number of carbonyl (C=O) groups excluding carboxylic acids is 1. The standard InChI is InChI=1S/C10H10FN3O3/c1-2-3-4-5-8(15)17-14-6-7(11)9(12)13-10(14)16/h2-6H,1H3,(H2,12,13,16)/b3-2+,5-4+. The molecule has 0 spiro atoms. The van der Waals surface area contributed by atoms with E-state index in [-0.39, 0.29) is 0 Å². The summed E-state index contributed by atoms with van der Waals surface area (Å²) >= 11 is 0. The Morgan fingerprint density at radius 2 is 2.29 bits per heavy atom. The molecule has 0 fully saturated rings. The van der Waals surface area contributed by atoms with Crippen LogP contribution in [0.4, 0.5) is 10.2 Å². The summed E-state index contributed by atoms with van der Waals surface area (Å²) in [6, 6.07) is 0. The molecule has 6 nitrogen and oxygen atoms in total. The summed E-state index contributed by atoms with van der Waals surface area (Å²) < 4.78 is 13.3. The second kappa shape index (κ2) is 5.59. The maximum atomic E-state index is 12.9. The zero-order valence-electron chi connectivity index (χ0n) is 8.96. The first-order valence-electron chi connectivity index (χ1n) is 4.61. The van der Waals surface area contributed by atoms with Crippen molar-refractivity contribution in [3.8, 4) is 0 Å². The Bertz CT molecular complexity index is 534. The number of nitrogens with two attached hydrogens (primary N) is 1. The van der Waals surface area contributed by atoms with Crippen molar-refractivity contribution in [3.05, 3.63) is 46.8 Å². The Hall–Kier alpha value is -2.44. The molecule has 17 heavy (non-hydrogen) atoms. The van der Waals surface area contributed by atoms with Gasteiger partial charge in [0.25, 0.3) is 0 Å². The van der Waals surface area contributed by atoms with E-state index >= 15 is 0 Å². The molecule has 2 N–H and O–H groups in total.